The number of fused-ring (bicyclic) bond motifs is 1. The summed E-state index contributed by atoms with van der Waals surface area (Å²) in [6.45, 7) is 2.94. The van der Waals surface area contributed by atoms with Gasteiger partial charge >= 0.3 is 0 Å². The SMILES string of the molecule is CNC(=O)CN1CCc2nc(N3CCC(Oc4ccc(F)cc4F)CC3)c(-c3cn[nH]c3)nc2C1. The Morgan fingerprint density at radius 1 is 1.20 bits per heavy atom. The van der Waals surface area contributed by atoms with E-state index in [0.717, 1.165) is 41.1 Å². The van der Waals surface area contributed by atoms with Gasteiger partial charge in [0.15, 0.2) is 17.4 Å². The minimum Gasteiger partial charge on any atom is -0.487 e. The third-order valence-electron chi connectivity index (χ3n) is 6.42. The number of hydrogen-bond acceptors (Lipinski definition) is 7. The van der Waals surface area contributed by atoms with Gasteiger partial charge in [-0.15, -0.1) is 0 Å². The van der Waals surface area contributed by atoms with Crippen molar-refractivity contribution in [3.05, 3.63) is 53.6 Å². The molecule has 1 fully saturated rings. The second-order valence-corrected chi connectivity index (χ2v) is 8.79. The van der Waals surface area contributed by atoms with Crippen molar-refractivity contribution < 1.29 is 18.3 Å². The molecule has 0 saturated carbocycles. The van der Waals surface area contributed by atoms with E-state index >= 15 is 0 Å². The fraction of sp³-hybridized carbons (Fsp3) is 0.417. The fourth-order valence-electron chi connectivity index (χ4n) is 4.52. The molecule has 35 heavy (non-hydrogen) atoms. The van der Waals surface area contributed by atoms with Crippen LogP contribution in [-0.2, 0) is 17.8 Å². The Morgan fingerprint density at radius 3 is 2.74 bits per heavy atom. The molecule has 11 heteroatoms. The van der Waals surface area contributed by atoms with E-state index in [2.05, 4.69) is 25.3 Å². The van der Waals surface area contributed by atoms with Crippen molar-refractivity contribution in [2.45, 2.75) is 31.9 Å². The number of H-pyrrole nitrogens is 1. The number of benzene rings is 1. The number of amides is 1. The summed E-state index contributed by atoms with van der Waals surface area (Å²) in [5.41, 5.74) is 3.38. The molecule has 2 aromatic heterocycles. The minimum absolute atomic E-state index is 0.0290. The Balaban J connectivity index is 1.34. The van der Waals surface area contributed by atoms with Gasteiger partial charge in [-0.2, -0.15) is 5.10 Å². The number of aromatic nitrogens is 4. The number of aromatic amines is 1. The molecule has 2 N–H and O–H groups in total. The molecule has 2 aliphatic heterocycles. The Morgan fingerprint density at radius 2 is 2.03 bits per heavy atom. The van der Waals surface area contributed by atoms with Gasteiger partial charge in [-0.05, 0) is 12.1 Å². The first-order valence-electron chi connectivity index (χ1n) is 11.7. The van der Waals surface area contributed by atoms with Gasteiger partial charge in [0.05, 0.1) is 24.1 Å². The zero-order valence-corrected chi connectivity index (χ0v) is 19.4. The Kier molecular flexibility index (Phi) is 6.58. The smallest absolute Gasteiger partial charge is 0.233 e. The fourth-order valence-corrected chi connectivity index (χ4v) is 4.52. The highest BCUT2D eigenvalue weighted by Gasteiger charge is 2.28. The van der Waals surface area contributed by atoms with Crippen LogP contribution in [0.2, 0.25) is 0 Å². The first kappa shape index (κ1) is 23.2. The van der Waals surface area contributed by atoms with Crippen molar-refractivity contribution >= 4 is 11.7 Å². The summed E-state index contributed by atoms with van der Waals surface area (Å²) in [6.07, 6.45) is 5.38. The average molecular weight is 484 g/mol. The quantitative estimate of drug-likeness (QED) is 0.555. The van der Waals surface area contributed by atoms with Crippen molar-refractivity contribution in [1.29, 1.82) is 0 Å². The van der Waals surface area contributed by atoms with Crippen LogP contribution in [0.1, 0.15) is 24.2 Å². The summed E-state index contributed by atoms with van der Waals surface area (Å²) in [5.74, 6) is -0.492. The van der Waals surface area contributed by atoms with Crippen molar-refractivity contribution in [3.8, 4) is 17.0 Å². The van der Waals surface area contributed by atoms with Crippen LogP contribution in [0.15, 0.2) is 30.6 Å². The van der Waals surface area contributed by atoms with Crippen LogP contribution in [0.5, 0.6) is 5.75 Å². The number of likely N-dealkylation sites (N-methyl/N-ethyl adjacent to an activating group) is 1. The van der Waals surface area contributed by atoms with Crippen molar-refractivity contribution in [3.63, 3.8) is 0 Å². The Hall–Kier alpha value is -3.60. The number of carbonyl (C=O) groups is 1. The predicted molar refractivity (Wildman–Crippen MR) is 125 cm³/mol. The molecular formula is C24H27F2N7O2. The maximum absolute atomic E-state index is 14.0. The van der Waals surface area contributed by atoms with Crippen molar-refractivity contribution in [1.82, 2.24) is 30.4 Å². The topological polar surface area (TPSA) is 99.3 Å². The van der Waals surface area contributed by atoms with Crippen LogP contribution >= 0.6 is 0 Å². The van der Waals surface area contributed by atoms with Crippen LogP contribution in [0.4, 0.5) is 14.6 Å². The highest BCUT2D eigenvalue weighted by molar-refractivity contribution is 5.77. The number of nitrogens with zero attached hydrogens (tertiary/aromatic N) is 5. The van der Waals surface area contributed by atoms with Crippen LogP contribution in [0.3, 0.4) is 0 Å². The number of nitrogens with one attached hydrogen (secondary N) is 2. The molecule has 1 amide bonds. The van der Waals surface area contributed by atoms with Gasteiger partial charge in [-0.1, -0.05) is 0 Å². The Bertz CT molecular complexity index is 1200. The molecule has 9 nitrogen and oxygen atoms in total. The molecule has 4 heterocycles. The average Bonchev–Trinajstić information content (AvgIpc) is 3.40. The van der Waals surface area contributed by atoms with Gasteiger partial charge in [0.25, 0.3) is 0 Å². The van der Waals surface area contributed by atoms with Gasteiger partial charge in [-0.25, -0.2) is 18.7 Å². The molecule has 0 unspecified atom stereocenters. The summed E-state index contributed by atoms with van der Waals surface area (Å²) in [6, 6.07) is 3.36. The molecule has 3 aromatic rings. The molecule has 5 rings (SSSR count). The third-order valence-corrected chi connectivity index (χ3v) is 6.42. The van der Waals surface area contributed by atoms with Gasteiger partial charge in [0, 0.05) is 70.3 Å². The normalized spacial score (nSPS) is 16.7. The summed E-state index contributed by atoms with van der Waals surface area (Å²) >= 11 is 0. The number of piperidine rings is 1. The van der Waals surface area contributed by atoms with Gasteiger partial charge in [0.1, 0.15) is 17.6 Å². The van der Waals surface area contributed by atoms with Gasteiger partial charge < -0.3 is 15.0 Å². The van der Waals surface area contributed by atoms with Crippen LogP contribution < -0.4 is 15.0 Å². The van der Waals surface area contributed by atoms with Gasteiger partial charge in [0.2, 0.25) is 5.91 Å². The molecule has 184 valence electrons. The number of hydrogen-bond donors (Lipinski definition) is 2. The Labute approximate surface area is 201 Å². The maximum atomic E-state index is 14.0. The zero-order valence-electron chi connectivity index (χ0n) is 19.4. The monoisotopic (exact) mass is 483 g/mol. The standard InChI is InChI=1S/C24H27F2N7O2/c1-27-22(34)14-32-7-6-19-20(13-32)30-23(15-11-28-29-12-15)24(31-19)33-8-4-17(5-9-33)35-21-3-2-16(25)10-18(21)26/h2-3,10-12,17H,4-9,13-14H2,1H3,(H,27,34)(H,28,29). The summed E-state index contributed by atoms with van der Waals surface area (Å²) in [7, 11) is 1.63. The van der Waals surface area contributed by atoms with Crippen molar-refractivity contribution in [2.75, 3.05) is 38.1 Å². The van der Waals surface area contributed by atoms with E-state index in [0.29, 0.717) is 45.4 Å². The lowest BCUT2D eigenvalue weighted by molar-refractivity contribution is -0.122. The second-order valence-electron chi connectivity index (χ2n) is 8.79. The second kappa shape index (κ2) is 9.95. The number of carbonyl (C=O) groups excluding carboxylic acids is 1. The van der Waals surface area contributed by atoms with E-state index in [4.69, 9.17) is 14.7 Å². The molecule has 0 atom stereocenters. The van der Waals surface area contributed by atoms with E-state index in [9.17, 15) is 13.6 Å². The first-order valence-corrected chi connectivity index (χ1v) is 11.7. The largest absolute Gasteiger partial charge is 0.487 e. The third kappa shape index (κ3) is 5.09. The summed E-state index contributed by atoms with van der Waals surface area (Å²) in [5, 5.41) is 9.58. The van der Waals surface area contributed by atoms with Crippen LogP contribution in [0.25, 0.3) is 11.3 Å². The molecule has 0 spiro atoms. The molecule has 2 aliphatic rings. The molecule has 1 aromatic carbocycles. The van der Waals surface area contributed by atoms with E-state index in [1.54, 1.807) is 19.4 Å². The van der Waals surface area contributed by atoms with Crippen molar-refractivity contribution in [2.24, 2.45) is 0 Å². The lowest BCUT2D eigenvalue weighted by Gasteiger charge is -2.35. The number of ether oxygens (including phenoxy) is 1. The summed E-state index contributed by atoms with van der Waals surface area (Å²) < 4.78 is 33.0. The highest BCUT2D eigenvalue weighted by Crippen LogP contribution is 2.32. The molecule has 0 bridgehead atoms. The lowest BCUT2D eigenvalue weighted by Crippen LogP contribution is -2.41. The zero-order chi connectivity index (χ0) is 24.4. The number of halogens is 2. The van der Waals surface area contributed by atoms with Crippen LogP contribution in [-0.4, -0.2) is 70.3 Å². The lowest BCUT2D eigenvalue weighted by atomic mass is 10.1. The highest BCUT2D eigenvalue weighted by atomic mass is 19.1. The van der Waals surface area contributed by atoms with Crippen LogP contribution in [0, 0.1) is 11.6 Å². The van der Waals surface area contributed by atoms with Gasteiger partial charge in [-0.3, -0.25) is 14.8 Å². The molecule has 0 radical (unpaired) electrons. The van der Waals surface area contributed by atoms with E-state index in [1.807, 2.05) is 0 Å². The maximum Gasteiger partial charge on any atom is 0.233 e. The number of rotatable bonds is 6. The number of anilines is 1. The molecule has 0 aliphatic carbocycles. The molecular weight excluding hydrogens is 456 g/mol. The predicted octanol–water partition coefficient (Wildman–Crippen LogP) is 2.30. The molecule has 1 saturated heterocycles. The van der Waals surface area contributed by atoms with E-state index < -0.39 is 11.6 Å². The van der Waals surface area contributed by atoms with E-state index in [1.165, 1.54) is 12.1 Å². The van der Waals surface area contributed by atoms with E-state index in [-0.39, 0.29) is 17.8 Å². The first-order chi connectivity index (χ1) is 17.0. The summed E-state index contributed by atoms with van der Waals surface area (Å²) in [4.78, 5) is 26.0. The minimum atomic E-state index is -0.694.